The van der Waals surface area contributed by atoms with Crippen LogP contribution in [-0.4, -0.2) is 22.2 Å². The molecule has 0 bridgehead atoms. The van der Waals surface area contributed by atoms with Crippen molar-refractivity contribution in [2.45, 2.75) is 32.4 Å². The van der Waals surface area contributed by atoms with E-state index in [1.165, 1.54) is 23.6 Å². The number of amides is 1. The van der Waals surface area contributed by atoms with Crippen LogP contribution in [0.1, 0.15) is 51.8 Å². The second-order valence-electron chi connectivity index (χ2n) is 11.0. The largest absolute Gasteiger partial charge is 0.489 e. The highest BCUT2D eigenvalue weighted by Gasteiger charge is 2.26. The number of nitrogens with one attached hydrogen (secondary N) is 2. The van der Waals surface area contributed by atoms with Gasteiger partial charge < -0.3 is 15.4 Å². The number of benzene rings is 4. The van der Waals surface area contributed by atoms with Gasteiger partial charge in [0.05, 0.1) is 29.7 Å². The second kappa shape index (κ2) is 12.9. The molecule has 1 saturated carbocycles. The number of halogens is 1. The summed E-state index contributed by atoms with van der Waals surface area (Å²) in [6, 6.07) is 30.9. The van der Waals surface area contributed by atoms with Crippen molar-refractivity contribution in [2.24, 2.45) is 5.92 Å². The maximum atomic E-state index is 15.2. The van der Waals surface area contributed by atoms with E-state index >= 15 is 4.39 Å². The van der Waals surface area contributed by atoms with Gasteiger partial charge in [-0.1, -0.05) is 66.7 Å². The molecule has 0 spiro atoms. The maximum absolute atomic E-state index is 15.2. The van der Waals surface area contributed by atoms with Gasteiger partial charge in [-0.25, -0.2) is 13.9 Å². The maximum Gasteiger partial charge on any atom is 0.274 e. The SMILES string of the molecule is [C-]#[N+]c1cccc(-n2nc(C)cc2C(=O)Nc2cc(C(NCC3CC3)c3ccccc3OCc3ccccc3)ccc2F)c1. The molecular weight excluding hydrogens is 553 g/mol. The molecule has 220 valence electrons. The standard InChI is InChI=1S/C36H32FN5O2/c1-24-19-33(42(41-24)29-12-8-11-28(21-29)38-2)36(43)40-32-20-27(17-18-31(32)37)35(39-22-25-15-16-25)30-13-6-7-14-34(30)44-23-26-9-4-3-5-10-26/h3-14,17-21,25,35,39H,15-16,22-23H2,1H3,(H,40,43). The third-order valence-corrected chi connectivity index (χ3v) is 7.61. The Kier molecular flexibility index (Phi) is 8.48. The number of aryl methyl sites for hydroxylation is 1. The summed E-state index contributed by atoms with van der Waals surface area (Å²) in [5, 5.41) is 10.9. The van der Waals surface area contributed by atoms with E-state index in [0.29, 0.717) is 29.6 Å². The Balaban J connectivity index is 1.30. The zero-order valence-corrected chi connectivity index (χ0v) is 24.3. The van der Waals surface area contributed by atoms with Crippen molar-refractivity contribution in [1.29, 1.82) is 0 Å². The number of nitrogens with zero attached hydrogens (tertiary/aromatic N) is 3. The average Bonchev–Trinajstić information content (AvgIpc) is 3.80. The van der Waals surface area contributed by atoms with E-state index in [-0.39, 0.29) is 17.4 Å². The third-order valence-electron chi connectivity index (χ3n) is 7.61. The summed E-state index contributed by atoms with van der Waals surface area (Å²) in [6.07, 6.45) is 2.37. The van der Waals surface area contributed by atoms with E-state index in [1.54, 1.807) is 49.4 Å². The molecule has 0 saturated heterocycles. The number of hydrogen-bond acceptors (Lipinski definition) is 4. The summed E-state index contributed by atoms with van der Waals surface area (Å²) in [5.41, 5.74) is 4.71. The lowest BCUT2D eigenvalue weighted by Gasteiger charge is -2.23. The topological polar surface area (TPSA) is 72.5 Å². The van der Waals surface area contributed by atoms with Crippen LogP contribution in [0, 0.1) is 25.2 Å². The van der Waals surface area contributed by atoms with Crippen molar-refractivity contribution >= 4 is 17.3 Å². The number of rotatable bonds is 11. The monoisotopic (exact) mass is 585 g/mol. The first-order chi connectivity index (χ1) is 21.5. The summed E-state index contributed by atoms with van der Waals surface area (Å²) in [4.78, 5) is 17.0. The lowest BCUT2D eigenvalue weighted by Crippen LogP contribution is -2.25. The summed E-state index contributed by atoms with van der Waals surface area (Å²) >= 11 is 0. The van der Waals surface area contributed by atoms with Crippen LogP contribution in [-0.2, 0) is 6.61 Å². The van der Waals surface area contributed by atoms with Crippen LogP contribution in [0.4, 0.5) is 15.8 Å². The van der Waals surface area contributed by atoms with E-state index in [9.17, 15) is 4.79 Å². The molecule has 1 atom stereocenters. The highest BCUT2D eigenvalue weighted by Crippen LogP contribution is 2.35. The minimum absolute atomic E-state index is 0.0636. The van der Waals surface area contributed by atoms with Crippen molar-refractivity contribution in [3.05, 3.63) is 148 Å². The molecule has 1 aliphatic carbocycles. The first kappa shape index (κ1) is 28.8. The van der Waals surface area contributed by atoms with Gasteiger partial charge >= 0.3 is 0 Å². The molecule has 4 aromatic carbocycles. The van der Waals surface area contributed by atoms with Crippen LogP contribution >= 0.6 is 0 Å². The van der Waals surface area contributed by atoms with Gasteiger partial charge in [0.1, 0.15) is 23.9 Å². The van der Waals surface area contributed by atoms with Gasteiger partial charge in [0.15, 0.2) is 5.69 Å². The molecule has 6 rings (SSSR count). The first-order valence-electron chi connectivity index (χ1n) is 14.6. The molecular formula is C36H32FN5O2. The summed E-state index contributed by atoms with van der Waals surface area (Å²) in [6.45, 7) is 10.3. The lowest BCUT2D eigenvalue weighted by molar-refractivity contribution is 0.101. The van der Waals surface area contributed by atoms with Gasteiger partial charge in [0, 0.05) is 5.56 Å². The number of carbonyl (C=O) groups is 1. The highest BCUT2D eigenvalue weighted by atomic mass is 19.1. The number of aromatic nitrogens is 2. The number of ether oxygens (including phenoxy) is 1. The highest BCUT2D eigenvalue weighted by molar-refractivity contribution is 6.03. The molecule has 1 amide bonds. The van der Waals surface area contributed by atoms with E-state index in [2.05, 4.69) is 20.6 Å². The number of hydrogen-bond donors (Lipinski definition) is 2. The third kappa shape index (κ3) is 6.69. The molecule has 1 fully saturated rings. The minimum atomic E-state index is -0.547. The molecule has 8 heteroatoms. The fourth-order valence-electron chi connectivity index (χ4n) is 5.16. The average molecular weight is 586 g/mol. The number of anilines is 1. The van der Waals surface area contributed by atoms with Crippen LogP contribution in [0.5, 0.6) is 5.75 Å². The van der Waals surface area contributed by atoms with Crippen LogP contribution in [0.15, 0.2) is 103 Å². The van der Waals surface area contributed by atoms with Gasteiger partial charge in [-0.2, -0.15) is 5.10 Å². The molecule has 1 aromatic heterocycles. The van der Waals surface area contributed by atoms with Crippen molar-refractivity contribution in [1.82, 2.24) is 15.1 Å². The Morgan fingerprint density at radius 3 is 2.61 bits per heavy atom. The van der Waals surface area contributed by atoms with Crippen LogP contribution < -0.4 is 15.4 Å². The number of carbonyl (C=O) groups excluding carboxylic acids is 1. The molecule has 5 aromatic rings. The predicted molar refractivity (Wildman–Crippen MR) is 169 cm³/mol. The molecule has 1 unspecified atom stereocenters. The number of para-hydroxylation sites is 1. The van der Waals surface area contributed by atoms with E-state index < -0.39 is 11.7 Å². The van der Waals surface area contributed by atoms with Gasteiger partial charge in [-0.3, -0.25) is 4.79 Å². The van der Waals surface area contributed by atoms with Crippen molar-refractivity contribution in [3.8, 4) is 11.4 Å². The Morgan fingerprint density at radius 1 is 1.02 bits per heavy atom. The fourth-order valence-corrected chi connectivity index (χ4v) is 5.16. The van der Waals surface area contributed by atoms with Gasteiger partial charge in [0.2, 0.25) is 0 Å². The normalized spacial score (nSPS) is 13.2. The molecule has 1 heterocycles. The van der Waals surface area contributed by atoms with Gasteiger partial charge in [-0.15, -0.1) is 0 Å². The quantitative estimate of drug-likeness (QED) is 0.155. The molecule has 0 aliphatic heterocycles. The van der Waals surface area contributed by atoms with Crippen LogP contribution in [0.25, 0.3) is 10.5 Å². The lowest BCUT2D eigenvalue weighted by atomic mass is 9.96. The Hall–Kier alpha value is -5.26. The molecule has 0 radical (unpaired) electrons. The minimum Gasteiger partial charge on any atom is -0.489 e. The van der Waals surface area contributed by atoms with Crippen molar-refractivity contribution < 1.29 is 13.9 Å². The molecule has 1 aliphatic rings. The Morgan fingerprint density at radius 2 is 1.82 bits per heavy atom. The van der Waals surface area contributed by atoms with Gasteiger partial charge in [-0.05, 0) is 79.8 Å². The van der Waals surface area contributed by atoms with Crippen LogP contribution in [0.3, 0.4) is 0 Å². The summed E-state index contributed by atoms with van der Waals surface area (Å²) in [5.74, 6) is 0.290. The second-order valence-corrected chi connectivity index (χ2v) is 11.0. The van der Waals surface area contributed by atoms with Crippen molar-refractivity contribution in [2.75, 3.05) is 11.9 Å². The fraction of sp³-hybridized carbons (Fsp3) is 0.194. The predicted octanol–water partition coefficient (Wildman–Crippen LogP) is 7.79. The van der Waals surface area contributed by atoms with Crippen molar-refractivity contribution in [3.63, 3.8) is 0 Å². The van der Waals surface area contributed by atoms with E-state index in [4.69, 9.17) is 11.3 Å². The first-order valence-corrected chi connectivity index (χ1v) is 14.6. The molecule has 44 heavy (non-hydrogen) atoms. The molecule has 2 N–H and O–H groups in total. The van der Waals surface area contributed by atoms with E-state index in [1.807, 2.05) is 54.6 Å². The zero-order valence-electron chi connectivity index (χ0n) is 24.3. The zero-order chi connectivity index (χ0) is 30.5. The smallest absolute Gasteiger partial charge is 0.274 e. The van der Waals surface area contributed by atoms with E-state index in [0.717, 1.165) is 29.0 Å². The summed E-state index contributed by atoms with van der Waals surface area (Å²) in [7, 11) is 0. The Bertz CT molecular complexity index is 1820. The Labute approximate surface area is 256 Å². The van der Waals surface area contributed by atoms with Gasteiger partial charge in [0.25, 0.3) is 5.91 Å². The summed E-state index contributed by atoms with van der Waals surface area (Å²) < 4.78 is 23.0. The molecule has 7 nitrogen and oxygen atoms in total. The van der Waals surface area contributed by atoms with Crippen LogP contribution in [0.2, 0.25) is 0 Å².